The number of amides is 1. The minimum Gasteiger partial charge on any atom is -0.378 e. The van der Waals surface area contributed by atoms with Gasteiger partial charge in [-0.05, 0) is 30.5 Å². The van der Waals surface area contributed by atoms with Gasteiger partial charge < -0.3 is 15.0 Å². The topological polar surface area (TPSA) is 67.3 Å². The number of anilines is 2. The molecule has 1 N–H and O–H groups in total. The second kappa shape index (κ2) is 8.69. The predicted molar refractivity (Wildman–Crippen MR) is 111 cm³/mol. The number of nitrogens with zero attached hydrogens (tertiary/aromatic N) is 3. The van der Waals surface area contributed by atoms with Gasteiger partial charge >= 0.3 is 0 Å². The smallest absolute Gasteiger partial charge is 0.226 e. The minimum atomic E-state index is -0.136. The van der Waals surface area contributed by atoms with Crippen LogP contribution in [0.3, 0.4) is 0 Å². The Morgan fingerprint density at radius 2 is 1.89 bits per heavy atom. The van der Waals surface area contributed by atoms with Crippen LogP contribution in [-0.2, 0) is 28.1 Å². The Morgan fingerprint density at radius 3 is 2.54 bits per heavy atom. The molecule has 0 aliphatic carbocycles. The first kappa shape index (κ1) is 20.3. The molecule has 0 bridgehead atoms. The van der Waals surface area contributed by atoms with Crippen molar-refractivity contribution in [2.75, 3.05) is 23.9 Å². The Hall–Kier alpha value is -2.47. The lowest BCUT2D eigenvalue weighted by Crippen LogP contribution is -2.35. The van der Waals surface area contributed by atoms with E-state index < -0.39 is 0 Å². The lowest BCUT2D eigenvalue weighted by atomic mass is 9.95. The van der Waals surface area contributed by atoms with Crippen LogP contribution in [0, 0.1) is 0 Å². The average Bonchev–Trinajstić information content (AvgIpc) is 2.67. The number of hydrogen-bond acceptors (Lipinski definition) is 5. The van der Waals surface area contributed by atoms with Crippen molar-refractivity contribution in [3.8, 4) is 0 Å². The Kier molecular flexibility index (Phi) is 6.29. The fourth-order valence-electron chi connectivity index (χ4n) is 3.21. The van der Waals surface area contributed by atoms with Crippen LogP contribution >= 0.6 is 0 Å². The lowest BCUT2D eigenvalue weighted by Gasteiger charge is -2.26. The van der Waals surface area contributed by atoms with Gasteiger partial charge in [-0.25, -0.2) is 9.97 Å². The maximum atomic E-state index is 12.1. The van der Waals surface area contributed by atoms with E-state index in [9.17, 15) is 4.79 Å². The molecule has 1 amide bonds. The average molecular weight is 383 g/mol. The van der Waals surface area contributed by atoms with E-state index in [1.54, 1.807) is 7.11 Å². The largest absolute Gasteiger partial charge is 0.378 e. The van der Waals surface area contributed by atoms with E-state index in [4.69, 9.17) is 4.74 Å². The number of nitrogens with one attached hydrogen (secondary N) is 1. The molecule has 28 heavy (non-hydrogen) atoms. The fourth-order valence-corrected chi connectivity index (χ4v) is 3.21. The molecule has 1 aromatic carbocycles. The van der Waals surface area contributed by atoms with Crippen LogP contribution in [0.1, 0.15) is 57.1 Å². The second-order valence-corrected chi connectivity index (χ2v) is 8.27. The number of piperidine rings is 1. The fraction of sp³-hybridized carbons (Fsp3) is 0.500. The first-order valence-corrected chi connectivity index (χ1v) is 9.87. The normalized spacial score (nSPS) is 15.0. The van der Waals surface area contributed by atoms with Crippen molar-refractivity contribution in [1.82, 2.24) is 9.97 Å². The number of rotatable bonds is 6. The zero-order valence-corrected chi connectivity index (χ0v) is 17.3. The van der Waals surface area contributed by atoms with Crippen LogP contribution < -0.4 is 10.2 Å². The summed E-state index contributed by atoms with van der Waals surface area (Å²) in [4.78, 5) is 23.2. The third kappa shape index (κ3) is 5.07. The number of carbonyl (C=O) groups is 1. The third-order valence-corrected chi connectivity index (χ3v) is 4.79. The zero-order valence-electron chi connectivity index (χ0n) is 17.3. The molecule has 6 heteroatoms. The van der Waals surface area contributed by atoms with Gasteiger partial charge in [0.25, 0.3) is 0 Å². The first-order valence-electron chi connectivity index (χ1n) is 9.87. The summed E-state index contributed by atoms with van der Waals surface area (Å²) >= 11 is 0. The SMILES string of the molecule is COCc1cc(NCc2ccc(N3CCCCC3=O)cc2)nc(C(C)(C)C)n1. The van der Waals surface area contributed by atoms with E-state index in [0.717, 1.165) is 48.0 Å². The molecule has 2 heterocycles. The van der Waals surface area contributed by atoms with Gasteiger partial charge in [0.1, 0.15) is 11.6 Å². The van der Waals surface area contributed by atoms with Gasteiger partial charge in [0, 0.05) is 43.8 Å². The van der Waals surface area contributed by atoms with E-state index in [1.165, 1.54) is 0 Å². The minimum absolute atomic E-state index is 0.136. The molecule has 1 aliphatic heterocycles. The summed E-state index contributed by atoms with van der Waals surface area (Å²) in [7, 11) is 1.67. The molecule has 0 atom stereocenters. The lowest BCUT2D eigenvalue weighted by molar-refractivity contribution is -0.119. The van der Waals surface area contributed by atoms with Gasteiger partial charge in [-0.3, -0.25) is 4.79 Å². The maximum absolute atomic E-state index is 12.1. The molecular weight excluding hydrogens is 352 g/mol. The summed E-state index contributed by atoms with van der Waals surface area (Å²) in [5, 5.41) is 3.39. The van der Waals surface area contributed by atoms with Gasteiger partial charge in [-0.15, -0.1) is 0 Å². The van der Waals surface area contributed by atoms with Crippen molar-refractivity contribution < 1.29 is 9.53 Å². The highest BCUT2D eigenvalue weighted by Crippen LogP contribution is 2.23. The van der Waals surface area contributed by atoms with Crippen molar-refractivity contribution in [2.45, 2.75) is 58.6 Å². The molecule has 150 valence electrons. The third-order valence-electron chi connectivity index (χ3n) is 4.79. The zero-order chi connectivity index (χ0) is 20.1. The second-order valence-electron chi connectivity index (χ2n) is 8.27. The summed E-state index contributed by atoms with van der Waals surface area (Å²) in [5.41, 5.74) is 2.84. The molecule has 2 aromatic rings. The Balaban J connectivity index is 1.69. The Labute approximate surface area is 167 Å². The highest BCUT2D eigenvalue weighted by Gasteiger charge is 2.20. The number of benzene rings is 1. The highest BCUT2D eigenvalue weighted by atomic mass is 16.5. The molecule has 0 saturated carbocycles. The summed E-state index contributed by atoms with van der Waals surface area (Å²) in [5.74, 6) is 1.81. The van der Waals surface area contributed by atoms with E-state index in [1.807, 2.05) is 23.1 Å². The first-order chi connectivity index (χ1) is 13.4. The predicted octanol–water partition coefficient (Wildman–Crippen LogP) is 4.05. The number of methoxy groups -OCH3 is 1. The molecule has 0 radical (unpaired) electrons. The molecular formula is C22H30N4O2. The van der Waals surface area contributed by atoms with E-state index >= 15 is 0 Å². The van der Waals surface area contributed by atoms with Crippen LogP contribution in [0.25, 0.3) is 0 Å². The van der Waals surface area contributed by atoms with E-state index in [2.05, 4.69) is 48.2 Å². The van der Waals surface area contributed by atoms with Gasteiger partial charge in [0.05, 0.1) is 12.3 Å². The molecule has 0 spiro atoms. The molecule has 0 unspecified atom stereocenters. The number of carbonyl (C=O) groups excluding carboxylic acids is 1. The molecule has 1 saturated heterocycles. The molecule has 1 aliphatic rings. The summed E-state index contributed by atoms with van der Waals surface area (Å²) in [6.07, 6.45) is 2.72. The van der Waals surface area contributed by atoms with Crippen molar-refractivity contribution in [1.29, 1.82) is 0 Å². The molecule has 3 rings (SSSR count). The Bertz CT molecular complexity index is 812. The standard InChI is InChI=1S/C22H30N4O2/c1-22(2,3)21-24-17(15-28-4)13-19(25-21)23-14-16-8-10-18(11-9-16)26-12-6-5-7-20(26)27/h8-11,13H,5-7,12,14-15H2,1-4H3,(H,23,24,25). The summed E-state index contributed by atoms with van der Waals surface area (Å²) in [6, 6.07) is 10.1. The number of hydrogen-bond donors (Lipinski definition) is 1. The summed E-state index contributed by atoms with van der Waals surface area (Å²) in [6.45, 7) is 8.23. The number of ether oxygens (including phenoxy) is 1. The van der Waals surface area contributed by atoms with Crippen molar-refractivity contribution >= 4 is 17.4 Å². The quantitative estimate of drug-likeness (QED) is 0.816. The van der Waals surface area contributed by atoms with Crippen LogP contribution in [-0.4, -0.2) is 29.5 Å². The van der Waals surface area contributed by atoms with Gasteiger partial charge in [0.2, 0.25) is 5.91 Å². The highest BCUT2D eigenvalue weighted by molar-refractivity contribution is 5.93. The Morgan fingerprint density at radius 1 is 1.14 bits per heavy atom. The molecule has 6 nitrogen and oxygen atoms in total. The molecule has 1 aromatic heterocycles. The van der Waals surface area contributed by atoms with Crippen molar-refractivity contribution in [2.24, 2.45) is 0 Å². The van der Waals surface area contributed by atoms with Crippen LogP contribution in [0.5, 0.6) is 0 Å². The monoisotopic (exact) mass is 382 g/mol. The van der Waals surface area contributed by atoms with Crippen molar-refractivity contribution in [3.63, 3.8) is 0 Å². The van der Waals surface area contributed by atoms with Crippen LogP contribution in [0.15, 0.2) is 30.3 Å². The van der Waals surface area contributed by atoms with Crippen molar-refractivity contribution in [3.05, 3.63) is 47.4 Å². The molecule has 1 fully saturated rings. The van der Waals surface area contributed by atoms with Crippen LogP contribution in [0.2, 0.25) is 0 Å². The van der Waals surface area contributed by atoms with Gasteiger partial charge in [-0.2, -0.15) is 0 Å². The number of aromatic nitrogens is 2. The summed E-state index contributed by atoms with van der Waals surface area (Å²) < 4.78 is 5.24. The van der Waals surface area contributed by atoms with E-state index in [0.29, 0.717) is 19.6 Å². The van der Waals surface area contributed by atoms with Gasteiger partial charge in [0.15, 0.2) is 0 Å². The maximum Gasteiger partial charge on any atom is 0.226 e. The van der Waals surface area contributed by atoms with Gasteiger partial charge in [-0.1, -0.05) is 32.9 Å². The van der Waals surface area contributed by atoms with Crippen LogP contribution in [0.4, 0.5) is 11.5 Å². The van der Waals surface area contributed by atoms with E-state index in [-0.39, 0.29) is 11.3 Å².